The standard InChI is InChI=1S/C10H11N7O4/c1-15-5-7(17(20)21)9(18)16(10(15)19)4-6-2-13-8(14-11)3-12-6/h2-3,5H,4,11H2,1H3,(H,13,14). The molecule has 0 bridgehead atoms. The van der Waals surface area contributed by atoms with Gasteiger partial charge in [0, 0.05) is 7.05 Å². The van der Waals surface area contributed by atoms with E-state index in [4.69, 9.17) is 5.84 Å². The molecule has 110 valence electrons. The fraction of sp³-hybridized carbons (Fsp3) is 0.200. The fourth-order valence-electron chi connectivity index (χ4n) is 1.65. The van der Waals surface area contributed by atoms with Crippen LogP contribution in [0.1, 0.15) is 5.69 Å². The van der Waals surface area contributed by atoms with Crippen molar-refractivity contribution in [3.05, 3.63) is 55.2 Å². The van der Waals surface area contributed by atoms with E-state index in [2.05, 4.69) is 15.4 Å². The molecule has 0 saturated carbocycles. The largest absolute Gasteiger partial charge is 0.350 e. The minimum Gasteiger partial charge on any atom is -0.307 e. The highest BCUT2D eigenvalue weighted by Gasteiger charge is 2.19. The van der Waals surface area contributed by atoms with E-state index in [9.17, 15) is 19.7 Å². The molecule has 21 heavy (non-hydrogen) atoms. The van der Waals surface area contributed by atoms with E-state index in [0.29, 0.717) is 5.82 Å². The van der Waals surface area contributed by atoms with Crippen LogP contribution < -0.4 is 22.5 Å². The van der Waals surface area contributed by atoms with Crippen LogP contribution in [0.15, 0.2) is 28.2 Å². The van der Waals surface area contributed by atoms with Gasteiger partial charge in [-0.1, -0.05) is 0 Å². The van der Waals surface area contributed by atoms with Crippen LogP contribution in [0, 0.1) is 10.1 Å². The molecule has 0 aliphatic rings. The van der Waals surface area contributed by atoms with Crippen LogP contribution in [0.5, 0.6) is 0 Å². The second-order valence-electron chi connectivity index (χ2n) is 4.09. The lowest BCUT2D eigenvalue weighted by molar-refractivity contribution is -0.387. The van der Waals surface area contributed by atoms with E-state index in [0.717, 1.165) is 15.3 Å². The lowest BCUT2D eigenvalue weighted by atomic mass is 10.4. The van der Waals surface area contributed by atoms with Crippen molar-refractivity contribution in [3.8, 4) is 0 Å². The number of hydrogen-bond donors (Lipinski definition) is 2. The molecule has 0 fully saturated rings. The Hall–Kier alpha value is -3.08. The predicted octanol–water partition coefficient (Wildman–Crippen LogP) is -1.42. The Balaban J connectivity index is 2.50. The van der Waals surface area contributed by atoms with Gasteiger partial charge in [0.1, 0.15) is 0 Å². The molecule has 0 aromatic carbocycles. The highest BCUT2D eigenvalue weighted by atomic mass is 16.6. The molecule has 0 unspecified atom stereocenters. The van der Waals surface area contributed by atoms with Gasteiger partial charge in [-0.15, -0.1) is 0 Å². The van der Waals surface area contributed by atoms with Crippen LogP contribution in [0.3, 0.4) is 0 Å². The molecule has 2 rings (SSSR count). The number of nitrogens with two attached hydrogens (primary N) is 1. The number of hydrogen-bond acceptors (Lipinski definition) is 8. The van der Waals surface area contributed by atoms with E-state index >= 15 is 0 Å². The normalized spacial score (nSPS) is 10.4. The van der Waals surface area contributed by atoms with Crippen LogP contribution >= 0.6 is 0 Å². The van der Waals surface area contributed by atoms with Gasteiger partial charge in [-0.05, 0) is 0 Å². The third-order valence-electron chi connectivity index (χ3n) is 2.68. The van der Waals surface area contributed by atoms with E-state index < -0.39 is 21.9 Å². The number of nitrogen functional groups attached to an aromatic ring is 1. The Kier molecular flexibility index (Phi) is 3.75. The third kappa shape index (κ3) is 2.76. The predicted molar refractivity (Wildman–Crippen MR) is 71.5 cm³/mol. The second kappa shape index (κ2) is 5.50. The number of aryl methyl sites for hydroxylation is 1. The first-order chi connectivity index (χ1) is 9.93. The molecular weight excluding hydrogens is 282 g/mol. The summed E-state index contributed by atoms with van der Waals surface area (Å²) in [6, 6.07) is 0. The van der Waals surface area contributed by atoms with Crippen molar-refractivity contribution in [2.75, 3.05) is 5.43 Å². The molecule has 2 heterocycles. The molecule has 0 aliphatic carbocycles. The molecular formula is C10H11N7O4. The van der Waals surface area contributed by atoms with Gasteiger partial charge < -0.3 is 5.43 Å². The molecule has 3 N–H and O–H groups in total. The van der Waals surface area contributed by atoms with Crippen molar-refractivity contribution >= 4 is 11.5 Å². The van der Waals surface area contributed by atoms with Gasteiger partial charge in [0.15, 0.2) is 5.82 Å². The van der Waals surface area contributed by atoms with Crippen LogP contribution in [0.4, 0.5) is 11.5 Å². The number of anilines is 1. The maximum absolute atomic E-state index is 11.9. The Bertz CT molecular complexity index is 793. The van der Waals surface area contributed by atoms with Gasteiger partial charge in [-0.2, -0.15) is 0 Å². The lowest BCUT2D eigenvalue weighted by Gasteiger charge is -2.06. The summed E-state index contributed by atoms with van der Waals surface area (Å²) >= 11 is 0. The van der Waals surface area contributed by atoms with Gasteiger partial charge in [-0.3, -0.25) is 24.5 Å². The first-order valence-electron chi connectivity index (χ1n) is 5.66. The average Bonchev–Trinajstić information content (AvgIpc) is 2.47. The van der Waals surface area contributed by atoms with Crippen LogP contribution in [-0.4, -0.2) is 24.0 Å². The quantitative estimate of drug-likeness (QED) is 0.396. The number of nitro groups is 1. The summed E-state index contributed by atoms with van der Waals surface area (Å²) in [5.74, 6) is 5.44. The van der Waals surface area contributed by atoms with Crippen LogP contribution in [0.2, 0.25) is 0 Å². The van der Waals surface area contributed by atoms with Crippen molar-refractivity contribution < 1.29 is 4.92 Å². The van der Waals surface area contributed by atoms with Gasteiger partial charge in [0.2, 0.25) is 0 Å². The maximum Gasteiger partial charge on any atom is 0.350 e. The summed E-state index contributed by atoms with van der Waals surface area (Å²) in [4.78, 5) is 41.6. The summed E-state index contributed by atoms with van der Waals surface area (Å²) < 4.78 is 1.68. The van der Waals surface area contributed by atoms with Crippen LogP contribution in [0.25, 0.3) is 0 Å². The number of rotatable bonds is 4. The molecule has 0 saturated heterocycles. The number of aromatic nitrogens is 4. The van der Waals surface area contributed by atoms with Crippen molar-refractivity contribution in [3.63, 3.8) is 0 Å². The summed E-state index contributed by atoms with van der Waals surface area (Å²) in [7, 11) is 1.32. The second-order valence-corrected chi connectivity index (χ2v) is 4.09. The maximum atomic E-state index is 11.9. The molecule has 0 atom stereocenters. The number of hydrazine groups is 1. The zero-order valence-corrected chi connectivity index (χ0v) is 10.9. The van der Waals surface area contributed by atoms with Gasteiger partial charge in [-0.25, -0.2) is 20.2 Å². The molecule has 0 amide bonds. The number of nitrogens with one attached hydrogen (secondary N) is 1. The average molecular weight is 293 g/mol. The summed E-state index contributed by atoms with van der Waals surface area (Å²) in [5.41, 5.74) is 0.192. The Morgan fingerprint density at radius 1 is 1.38 bits per heavy atom. The van der Waals surface area contributed by atoms with Crippen molar-refractivity contribution in [1.29, 1.82) is 0 Å². The zero-order valence-electron chi connectivity index (χ0n) is 10.9. The number of nitrogens with zero attached hydrogens (tertiary/aromatic N) is 5. The molecule has 0 spiro atoms. The lowest BCUT2D eigenvalue weighted by Crippen LogP contribution is -2.39. The summed E-state index contributed by atoms with van der Waals surface area (Å²) in [6.07, 6.45) is 3.50. The van der Waals surface area contributed by atoms with Gasteiger partial charge in [0.05, 0.1) is 35.8 Å². The molecule has 2 aromatic rings. The SMILES string of the molecule is Cn1cc([N+](=O)[O-])c(=O)n(Cc2cnc(NN)cn2)c1=O. The summed E-state index contributed by atoms with van der Waals surface area (Å²) in [6.45, 7) is -0.231. The van der Waals surface area contributed by atoms with Crippen LogP contribution in [-0.2, 0) is 13.6 Å². The Morgan fingerprint density at radius 2 is 2.10 bits per heavy atom. The molecule has 0 aliphatic heterocycles. The topological polar surface area (TPSA) is 151 Å². The first-order valence-corrected chi connectivity index (χ1v) is 5.66. The van der Waals surface area contributed by atoms with Crippen molar-refractivity contribution in [1.82, 2.24) is 19.1 Å². The van der Waals surface area contributed by atoms with E-state index in [1.807, 2.05) is 0 Å². The zero-order chi connectivity index (χ0) is 15.6. The van der Waals surface area contributed by atoms with E-state index in [-0.39, 0.29) is 12.2 Å². The van der Waals surface area contributed by atoms with Gasteiger partial charge in [0.25, 0.3) is 0 Å². The highest BCUT2D eigenvalue weighted by molar-refractivity contribution is 5.28. The highest BCUT2D eigenvalue weighted by Crippen LogP contribution is 2.02. The monoisotopic (exact) mass is 293 g/mol. The fourth-order valence-corrected chi connectivity index (χ4v) is 1.65. The summed E-state index contributed by atoms with van der Waals surface area (Å²) in [5, 5.41) is 10.8. The Labute approximate surface area is 116 Å². The molecule has 0 radical (unpaired) electrons. The van der Waals surface area contributed by atoms with Gasteiger partial charge >= 0.3 is 16.9 Å². The third-order valence-corrected chi connectivity index (χ3v) is 2.68. The molecule has 11 heteroatoms. The van der Waals surface area contributed by atoms with E-state index in [1.165, 1.54) is 19.4 Å². The Morgan fingerprint density at radius 3 is 2.62 bits per heavy atom. The minimum absolute atomic E-state index is 0.231. The van der Waals surface area contributed by atoms with Crippen molar-refractivity contribution in [2.45, 2.75) is 6.54 Å². The smallest absolute Gasteiger partial charge is 0.307 e. The first kappa shape index (κ1) is 14.3. The van der Waals surface area contributed by atoms with E-state index in [1.54, 1.807) is 0 Å². The van der Waals surface area contributed by atoms with Crippen molar-refractivity contribution in [2.24, 2.45) is 12.9 Å². The molecule has 2 aromatic heterocycles. The molecule has 11 nitrogen and oxygen atoms in total. The minimum atomic E-state index is -0.995.